The summed E-state index contributed by atoms with van der Waals surface area (Å²) in [4.78, 5) is 28.4. The van der Waals surface area contributed by atoms with Gasteiger partial charge in [0.1, 0.15) is 5.75 Å². The number of Topliss-reactive ketones (excluding diaryl/α,β-unsaturated/α-hetero) is 1. The molecule has 1 aliphatic heterocycles. The molecule has 8 heteroatoms. The van der Waals surface area contributed by atoms with Crippen molar-refractivity contribution in [3.63, 3.8) is 0 Å². The van der Waals surface area contributed by atoms with Crippen molar-refractivity contribution in [1.82, 2.24) is 4.90 Å². The van der Waals surface area contributed by atoms with Crippen molar-refractivity contribution in [2.24, 2.45) is 0 Å². The number of fused-ring (bicyclic) bond motifs is 1. The second kappa shape index (κ2) is 8.15. The number of benzene rings is 2. The second-order valence-corrected chi connectivity index (χ2v) is 8.81. The van der Waals surface area contributed by atoms with Gasteiger partial charge in [0, 0.05) is 22.5 Å². The van der Waals surface area contributed by atoms with E-state index in [2.05, 4.69) is 0 Å². The van der Waals surface area contributed by atoms with Gasteiger partial charge in [-0.2, -0.15) is 0 Å². The molecule has 170 valence electrons. The number of nitrogens with zero attached hydrogens (tertiary/aromatic N) is 1. The number of hydrogen-bond donors (Lipinski definition) is 2. The lowest BCUT2D eigenvalue weighted by atomic mass is 9.94. The van der Waals surface area contributed by atoms with E-state index in [1.54, 1.807) is 29.2 Å². The van der Waals surface area contributed by atoms with Crippen LogP contribution in [0.25, 0.3) is 11.0 Å². The smallest absolute Gasteiger partial charge is 0.290 e. The fourth-order valence-electron chi connectivity index (χ4n) is 4.92. The third-order valence-corrected chi connectivity index (χ3v) is 6.60. The standard InChI is InChI=1S/C25H22ClNO6/c1-32-19-12-15(26)9-14-11-18(33-24(14)19)22(29)20-21(13-5-4-8-17(28)10-13)27(25(31)23(20)30)16-6-2-3-7-16/h4-5,8-12,16,21,28,30H,2-3,6-7H2,1H3. The molecule has 1 saturated carbocycles. The molecule has 1 aliphatic carbocycles. The Morgan fingerprint density at radius 1 is 1.15 bits per heavy atom. The predicted octanol–water partition coefficient (Wildman–Crippen LogP) is 5.32. The van der Waals surface area contributed by atoms with Crippen LogP contribution in [-0.2, 0) is 4.79 Å². The number of halogens is 1. The van der Waals surface area contributed by atoms with Crippen molar-refractivity contribution in [3.05, 3.63) is 70.1 Å². The Kier molecular flexibility index (Phi) is 5.29. The third kappa shape index (κ3) is 3.53. The molecule has 0 radical (unpaired) electrons. The SMILES string of the molecule is COc1cc(Cl)cc2cc(C(=O)C3=C(O)C(=O)N(C4CCCC4)C3c3cccc(O)c3)oc12. The maximum absolute atomic E-state index is 13.7. The monoisotopic (exact) mass is 467 g/mol. The minimum absolute atomic E-state index is 0.00706. The zero-order valence-electron chi connectivity index (χ0n) is 17.9. The molecular formula is C25H22ClNO6. The highest BCUT2D eigenvalue weighted by molar-refractivity contribution is 6.31. The first-order valence-electron chi connectivity index (χ1n) is 10.8. The summed E-state index contributed by atoms with van der Waals surface area (Å²) in [6, 6.07) is 10.2. The first-order valence-corrected chi connectivity index (χ1v) is 11.1. The van der Waals surface area contributed by atoms with E-state index in [9.17, 15) is 19.8 Å². The van der Waals surface area contributed by atoms with Crippen molar-refractivity contribution < 1.29 is 29.0 Å². The summed E-state index contributed by atoms with van der Waals surface area (Å²) in [6.45, 7) is 0. The van der Waals surface area contributed by atoms with Crippen LogP contribution in [0.5, 0.6) is 11.5 Å². The maximum Gasteiger partial charge on any atom is 0.290 e. The van der Waals surface area contributed by atoms with Crippen LogP contribution in [-0.4, -0.2) is 40.0 Å². The van der Waals surface area contributed by atoms with Crippen LogP contribution >= 0.6 is 11.6 Å². The third-order valence-electron chi connectivity index (χ3n) is 6.38. The first-order chi connectivity index (χ1) is 15.9. The van der Waals surface area contributed by atoms with Crippen LogP contribution in [0, 0.1) is 0 Å². The number of hydrogen-bond acceptors (Lipinski definition) is 6. The lowest BCUT2D eigenvalue weighted by Crippen LogP contribution is -2.38. The quantitative estimate of drug-likeness (QED) is 0.492. The van der Waals surface area contributed by atoms with Crippen LogP contribution in [0.2, 0.25) is 5.02 Å². The molecule has 2 aliphatic rings. The predicted molar refractivity (Wildman–Crippen MR) is 122 cm³/mol. The lowest BCUT2D eigenvalue weighted by Gasteiger charge is -2.32. The molecule has 1 amide bonds. The number of ketones is 1. The molecule has 1 fully saturated rings. The summed E-state index contributed by atoms with van der Waals surface area (Å²) in [6.07, 6.45) is 3.51. The van der Waals surface area contributed by atoms with Gasteiger partial charge in [0.2, 0.25) is 5.78 Å². The van der Waals surface area contributed by atoms with Crippen molar-refractivity contribution >= 4 is 34.3 Å². The molecule has 1 unspecified atom stereocenters. The fraction of sp³-hybridized carbons (Fsp3) is 0.280. The van der Waals surface area contributed by atoms with E-state index >= 15 is 0 Å². The molecule has 0 bridgehead atoms. The molecular weight excluding hydrogens is 446 g/mol. The number of methoxy groups -OCH3 is 1. The molecule has 3 aromatic rings. The van der Waals surface area contributed by atoms with Crippen LogP contribution in [0.1, 0.15) is 47.8 Å². The number of furan rings is 1. The number of aliphatic hydroxyl groups excluding tert-OH is 1. The summed E-state index contributed by atoms with van der Waals surface area (Å²) >= 11 is 6.14. The number of carbonyl (C=O) groups excluding carboxylic acids is 2. The Labute approximate surface area is 194 Å². The molecule has 0 saturated heterocycles. The number of carbonyl (C=O) groups is 2. The van der Waals surface area contributed by atoms with Crippen molar-refractivity contribution in [2.45, 2.75) is 37.8 Å². The van der Waals surface area contributed by atoms with E-state index in [4.69, 9.17) is 20.8 Å². The summed E-state index contributed by atoms with van der Waals surface area (Å²) < 4.78 is 11.1. The van der Waals surface area contributed by atoms with E-state index in [1.165, 1.54) is 25.3 Å². The highest BCUT2D eigenvalue weighted by atomic mass is 35.5. The first kappa shape index (κ1) is 21.4. The number of rotatable bonds is 5. The largest absolute Gasteiger partial charge is 0.508 e. The van der Waals surface area contributed by atoms with Crippen molar-refractivity contribution in [1.29, 1.82) is 0 Å². The van der Waals surface area contributed by atoms with Gasteiger partial charge in [0.15, 0.2) is 22.9 Å². The van der Waals surface area contributed by atoms with Crippen molar-refractivity contribution in [3.8, 4) is 11.5 Å². The van der Waals surface area contributed by atoms with E-state index in [1.807, 2.05) is 0 Å². The molecule has 1 atom stereocenters. The van der Waals surface area contributed by atoms with E-state index < -0.39 is 23.5 Å². The zero-order valence-corrected chi connectivity index (χ0v) is 18.6. The topological polar surface area (TPSA) is 100 Å². The van der Waals surface area contributed by atoms with Gasteiger partial charge in [0.05, 0.1) is 18.7 Å². The Hall–Kier alpha value is -3.45. The molecule has 7 nitrogen and oxygen atoms in total. The molecule has 2 N–H and O–H groups in total. The van der Waals surface area contributed by atoms with Gasteiger partial charge in [-0.15, -0.1) is 0 Å². The summed E-state index contributed by atoms with van der Waals surface area (Å²) in [5, 5.41) is 21.9. The highest BCUT2D eigenvalue weighted by Gasteiger charge is 2.47. The van der Waals surface area contributed by atoms with Gasteiger partial charge in [0.25, 0.3) is 5.91 Å². The molecule has 2 heterocycles. The maximum atomic E-state index is 13.7. The molecule has 0 spiro atoms. The molecule has 1 aromatic heterocycles. The Bertz CT molecular complexity index is 1300. The van der Waals surface area contributed by atoms with Crippen LogP contribution in [0.4, 0.5) is 0 Å². The number of amides is 1. The van der Waals surface area contributed by atoms with Crippen LogP contribution < -0.4 is 4.74 Å². The summed E-state index contributed by atoms with van der Waals surface area (Å²) in [7, 11) is 1.47. The van der Waals surface area contributed by atoms with Gasteiger partial charge in [-0.05, 0) is 42.7 Å². The lowest BCUT2D eigenvalue weighted by molar-refractivity contribution is -0.131. The highest BCUT2D eigenvalue weighted by Crippen LogP contribution is 2.44. The van der Waals surface area contributed by atoms with Gasteiger partial charge in [-0.1, -0.05) is 36.6 Å². The minimum atomic E-state index is -0.834. The van der Waals surface area contributed by atoms with Crippen LogP contribution in [0.15, 0.2) is 58.2 Å². The number of ether oxygens (including phenoxy) is 1. The normalized spacial score (nSPS) is 19.2. The van der Waals surface area contributed by atoms with Gasteiger partial charge in [-0.25, -0.2) is 0 Å². The summed E-state index contributed by atoms with van der Waals surface area (Å²) in [5.74, 6) is -1.45. The molecule has 2 aromatic carbocycles. The Morgan fingerprint density at radius 2 is 1.91 bits per heavy atom. The number of phenolic OH excluding ortho intramolecular Hbond substituents is 1. The number of aliphatic hydroxyl groups is 1. The minimum Gasteiger partial charge on any atom is -0.508 e. The van der Waals surface area contributed by atoms with E-state index in [0.29, 0.717) is 27.3 Å². The Balaban J connectivity index is 1.63. The van der Waals surface area contributed by atoms with Gasteiger partial charge in [-0.3, -0.25) is 9.59 Å². The second-order valence-electron chi connectivity index (χ2n) is 8.38. The average molecular weight is 468 g/mol. The number of phenols is 1. The van der Waals surface area contributed by atoms with Gasteiger partial charge < -0.3 is 24.3 Å². The zero-order chi connectivity index (χ0) is 23.3. The molecule has 5 rings (SSSR count). The van der Waals surface area contributed by atoms with Crippen molar-refractivity contribution in [2.75, 3.05) is 7.11 Å². The Morgan fingerprint density at radius 3 is 2.61 bits per heavy atom. The van der Waals surface area contributed by atoms with Crippen LogP contribution in [0.3, 0.4) is 0 Å². The fourth-order valence-corrected chi connectivity index (χ4v) is 5.14. The number of aromatic hydroxyl groups is 1. The van der Waals surface area contributed by atoms with E-state index in [0.717, 1.165) is 25.7 Å². The van der Waals surface area contributed by atoms with E-state index in [-0.39, 0.29) is 23.1 Å². The summed E-state index contributed by atoms with van der Waals surface area (Å²) in [5.41, 5.74) is 0.817. The molecule has 33 heavy (non-hydrogen) atoms. The van der Waals surface area contributed by atoms with Gasteiger partial charge >= 0.3 is 0 Å². The average Bonchev–Trinajstić information content (AvgIpc) is 3.52.